The van der Waals surface area contributed by atoms with Gasteiger partial charge in [0.1, 0.15) is 17.1 Å². The zero-order chi connectivity index (χ0) is 18.5. The summed E-state index contributed by atoms with van der Waals surface area (Å²) >= 11 is 0. The first-order valence-electron chi connectivity index (χ1n) is 9.49. The van der Waals surface area contributed by atoms with Crippen molar-refractivity contribution in [2.45, 2.75) is 57.7 Å². The molecule has 1 saturated heterocycles. The summed E-state index contributed by atoms with van der Waals surface area (Å²) in [4.78, 5) is 18.6. The maximum absolute atomic E-state index is 11.7. The Morgan fingerprint density at radius 3 is 2.78 bits per heavy atom. The van der Waals surface area contributed by atoms with Crippen LogP contribution in [0.1, 0.15) is 54.0 Å². The van der Waals surface area contributed by atoms with Gasteiger partial charge in [-0.15, -0.1) is 24.0 Å². The van der Waals surface area contributed by atoms with E-state index in [2.05, 4.69) is 20.5 Å². The lowest BCUT2D eigenvalue weighted by Crippen LogP contribution is -2.45. The summed E-state index contributed by atoms with van der Waals surface area (Å²) in [6, 6.07) is 2.92. The number of nitrogens with one attached hydrogen (secondary N) is 2. The average molecular weight is 490 g/mol. The topological polar surface area (TPSA) is 79.1 Å². The zero-order valence-electron chi connectivity index (χ0n) is 16.4. The molecular formula is C19H31IN4O3. The number of likely N-dealkylation sites (tertiary alicyclic amines) is 1. The van der Waals surface area contributed by atoms with Gasteiger partial charge < -0.3 is 19.8 Å². The predicted molar refractivity (Wildman–Crippen MR) is 116 cm³/mol. The van der Waals surface area contributed by atoms with Crippen molar-refractivity contribution >= 4 is 35.9 Å². The summed E-state index contributed by atoms with van der Waals surface area (Å²) in [5, 5.41) is 6.78. The number of methoxy groups -OCH3 is 1. The molecule has 2 N–H and O–H groups in total. The number of hydrogen-bond acceptors (Lipinski definition) is 5. The van der Waals surface area contributed by atoms with Crippen molar-refractivity contribution in [3.05, 3.63) is 23.2 Å². The summed E-state index contributed by atoms with van der Waals surface area (Å²) in [6.45, 7) is 4.48. The van der Waals surface area contributed by atoms with Crippen LogP contribution in [0.2, 0.25) is 0 Å². The van der Waals surface area contributed by atoms with E-state index in [4.69, 9.17) is 9.15 Å². The molecule has 0 bridgehead atoms. The standard InChI is InChI=1S/C19H30N4O3.HI/c1-13-17(18(24)25-3)10-16(26-13)11-21-19(20-2)22-14-8-9-23(12-14)15-6-4-5-7-15;/h10,14-15H,4-9,11-12H2,1-3H3,(H2,20,21,22);1H. The average Bonchev–Trinajstić information content (AvgIpc) is 3.38. The number of nitrogens with zero attached hydrogens (tertiary/aromatic N) is 2. The van der Waals surface area contributed by atoms with Crippen LogP contribution in [0.5, 0.6) is 0 Å². The Labute approximate surface area is 178 Å². The number of hydrogen-bond donors (Lipinski definition) is 2. The van der Waals surface area contributed by atoms with Gasteiger partial charge in [-0.2, -0.15) is 0 Å². The van der Waals surface area contributed by atoms with Gasteiger partial charge in [0.05, 0.1) is 13.7 Å². The van der Waals surface area contributed by atoms with Crippen LogP contribution < -0.4 is 10.6 Å². The number of carbonyl (C=O) groups is 1. The number of rotatable bonds is 5. The third-order valence-corrected chi connectivity index (χ3v) is 5.43. The lowest BCUT2D eigenvalue weighted by Gasteiger charge is -2.24. The highest BCUT2D eigenvalue weighted by Crippen LogP contribution is 2.26. The molecule has 0 aromatic carbocycles. The summed E-state index contributed by atoms with van der Waals surface area (Å²) < 4.78 is 10.4. The molecule has 1 aliphatic heterocycles. The number of guanidine groups is 1. The molecule has 1 atom stereocenters. The van der Waals surface area contributed by atoms with Gasteiger partial charge in [-0.1, -0.05) is 12.8 Å². The molecule has 3 rings (SSSR count). The Hall–Kier alpha value is -1.29. The van der Waals surface area contributed by atoms with E-state index in [1.54, 1.807) is 20.0 Å². The predicted octanol–water partition coefficient (Wildman–Crippen LogP) is 2.67. The number of furan rings is 1. The van der Waals surface area contributed by atoms with Gasteiger partial charge in [0, 0.05) is 32.2 Å². The van der Waals surface area contributed by atoms with Gasteiger partial charge in [0.25, 0.3) is 0 Å². The van der Waals surface area contributed by atoms with Crippen LogP contribution in [0.25, 0.3) is 0 Å². The Morgan fingerprint density at radius 2 is 2.11 bits per heavy atom. The van der Waals surface area contributed by atoms with Crippen LogP contribution in [-0.4, -0.2) is 56.2 Å². The second kappa shape index (κ2) is 10.3. The fourth-order valence-corrected chi connectivity index (χ4v) is 4.01. The molecule has 2 aliphatic rings. The van der Waals surface area contributed by atoms with Crippen LogP contribution in [0.3, 0.4) is 0 Å². The molecule has 1 aromatic rings. The molecule has 27 heavy (non-hydrogen) atoms. The number of halogens is 1. The number of carbonyl (C=O) groups excluding carboxylic acids is 1. The Balaban J connectivity index is 0.00000261. The molecule has 1 unspecified atom stereocenters. The highest BCUT2D eigenvalue weighted by Gasteiger charge is 2.30. The highest BCUT2D eigenvalue weighted by molar-refractivity contribution is 14.0. The van der Waals surface area contributed by atoms with Gasteiger partial charge in [0.2, 0.25) is 0 Å². The van der Waals surface area contributed by atoms with E-state index >= 15 is 0 Å². The second-order valence-electron chi connectivity index (χ2n) is 7.16. The number of aryl methyl sites for hydroxylation is 1. The van der Waals surface area contributed by atoms with E-state index in [9.17, 15) is 4.79 Å². The maximum Gasteiger partial charge on any atom is 0.341 e. The minimum atomic E-state index is -0.377. The maximum atomic E-state index is 11.7. The molecule has 0 radical (unpaired) electrons. The Bertz CT molecular complexity index is 655. The van der Waals surface area contributed by atoms with Crippen molar-refractivity contribution in [2.75, 3.05) is 27.2 Å². The lowest BCUT2D eigenvalue weighted by atomic mass is 10.2. The molecule has 152 valence electrons. The number of ether oxygens (including phenoxy) is 1. The first kappa shape index (κ1) is 22.0. The van der Waals surface area contributed by atoms with Gasteiger partial charge in [-0.25, -0.2) is 4.79 Å². The molecule has 2 fully saturated rings. The summed E-state index contributed by atoms with van der Waals surface area (Å²) in [6.07, 6.45) is 6.58. The van der Waals surface area contributed by atoms with E-state index in [0.29, 0.717) is 29.7 Å². The third-order valence-electron chi connectivity index (χ3n) is 5.43. The molecule has 0 spiro atoms. The summed E-state index contributed by atoms with van der Waals surface area (Å²) in [5.41, 5.74) is 0.468. The highest BCUT2D eigenvalue weighted by atomic mass is 127. The molecule has 2 heterocycles. The van der Waals surface area contributed by atoms with E-state index < -0.39 is 0 Å². The van der Waals surface area contributed by atoms with Crippen LogP contribution in [0.15, 0.2) is 15.5 Å². The molecule has 1 saturated carbocycles. The zero-order valence-corrected chi connectivity index (χ0v) is 18.7. The van der Waals surface area contributed by atoms with Crippen molar-refractivity contribution in [3.63, 3.8) is 0 Å². The molecular weight excluding hydrogens is 459 g/mol. The smallest absolute Gasteiger partial charge is 0.341 e. The quantitative estimate of drug-likeness (QED) is 0.286. The fraction of sp³-hybridized carbons (Fsp3) is 0.684. The minimum absolute atomic E-state index is 0. The SMILES string of the molecule is CN=C(NCc1cc(C(=O)OC)c(C)o1)NC1CCN(C2CCCC2)C1.I. The fourth-order valence-electron chi connectivity index (χ4n) is 4.01. The summed E-state index contributed by atoms with van der Waals surface area (Å²) in [7, 11) is 3.14. The first-order valence-corrected chi connectivity index (χ1v) is 9.49. The summed E-state index contributed by atoms with van der Waals surface area (Å²) in [5.74, 6) is 1.64. The van der Waals surface area contributed by atoms with Crippen LogP contribution in [0, 0.1) is 6.92 Å². The number of esters is 1. The van der Waals surface area contributed by atoms with Crippen LogP contribution >= 0.6 is 24.0 Å². The van der Waals surface area contributed by atoms with Crippen LogP contribution in [0.4, 0.5) is 0 Å². The first-order chi connectivity index (χ1) is 12.6. The molecule has 1 aliphatic carbocycles. The van der Waals surface area contributed by atoms with Gasteiger partial charge in [-0.3, -0.25) is 9.89 Å². The van der Waals surface area contributed by atoms with Gasteiger partial charge >= 0.3 is 5.97 Å². The molecule has 7 nitrogen and oxygen atoms in total. The van der Waals surface area contributed by atoms with Crippen molar-refractivity contribution in [3.8, 4) is 0 Å². The molecule has 0 amide bonds. The lowest BCUT2D eigenvalue weighted by molar-refractivity contribution is 0.0599. The van der Waals surface area contributed by atoms with E-state index in [1.807, 2.05) is 0 Å². The normalized spacial score (nSPS) is 21.1. The second-order valence-corrected chi connectivity index (χ2v) is 7.16. The van der Waals surface area contributed by atoms with Crippen molar-refractivity contribution in [1.82, 2.24) is 15.5 Å². The molecule has 8 heteroatoms. The van der Waals surface area contributed by atoms with Crippen molar-refractivity contribution < 1.29 is 13.9 Å². The van der Waals surface area contributed by atoms with Crippen LogP contribution in [-0.2, 0) is 11.3 Å². The van der Waals surface area contributed by atoms with Crippen molar-refractivity contribution in [1.29, 1.82) is 0 Å². The third kappa shape index (κ3) is 5.60. The molecule has 1 aromatic heterocycles. The largest absolute Gasteiger partial charge is 0.465 e. The Kier molecular flexibility index (Phi) is 8.40. The minimum Gasteiger partial charge on any atom is -0.465 e. The van der Waals surface area contributed by atoms with E-state index in [1.165, 1.54) is 39.3 Å². The van der Waals surface area contributed by atoms with Gasteiger partial charge in [0.15, 0.2) is 5.96 Å². The van der Waals surface area contributed by atoms with Gasteiger partial charge in [-0.05, 0) is 32.3 Å². The van der Waals surface area contributed by atoms with Crippen molar-refractivity contribution in [2.24, 2.45) is 4.99 Å². The van der Waals surface area contributed by atoms with E-state index in [0.717, 1.165) is 25.0 Å². The van der Waals surface area contributed by atoms with E-state index in [-0.39, 0.29) is 29.9 Å². The monoisotopic (exact) mass is 490 g/mol. The Morgan fingerprint density at radius 1 is 1.37 bits per heavy atom. The number of aliphatic imine (C=N–C) groups is 1.